The summed E-state index contributed by atoms with van der Waals surface area (Å²) in [5, 5.41) is 6.06. The Bertz CT molecular complexity index is 801. The zero-order valence-electron chi connectivity index (χ0n) is 18.0. The van der Waals surface area contributed by atoms with Crippen molar-refractivity contribution in [3.8, 4) is 0 Å². The van der Waals surface area contributed by atoms with Crippen LogP contribution in [0.15, 0.2) is 48.5 Å². The van der Waals surface area contributed by atoms with Crippen LogP contribution in [0.5, 0.6) is 0 Å². The van der Waals surface area contributed by atoms with Gasteiger partial charge in [-0.3, -0.25) is 9.59 Å². The van der Waals surface area contributed by atoms with Crippen LogP contribution in [0.1, 0.15) is 64.0 Å². The fourth-order valence-electron chi connectivity index (χ4n) is 3.47. The van der Waals surface area contributed by atoms with Crippen molar-refractivity contribution in [3.63, 3.8) is 0 Å². The van der Waals surface area contributed by atoms with Crippen LogP contribution in [0.3, 0.4) is 0 Å². The zero-order valence-corrected chi connectivity index (χ0v) is 18.0. The normalized spacial score (nSPS) is 11.7. The summed E-state index contributed by atoms with van der Waals surface area (Å²) in [7, 11) is 0. The Morgan fingerprint density at radius 1 is 0.793 bits per heavy atom. The molecule has 0 spiro atoms. The molecule has 2 aromatic rings. The highest BCUT2D eigenvalue weighted by atomic mass is 16.2. The topological polar surface area (TPSA) is 58.2 Å². The quantitative estimate of drug-likeness (QED) is 0.493. The first kappa shape index (κ1) is 22.7. The van der Waals surface area contributed by atoms with Gasteiger partial charge in [0.2, 0.25) is 11.8 Å². The van der Waals surface area contributed by atoms with Gasteiger partial charge in [-0.15, -0.1) is 0 Å². The summed E-state index contributed by atoms with van der Waals surface area (Å²) in [5.74, 6) is 0.161. The first-order valence-corrected chi connectivity index (χ1v) is 10.8. The van der Waals surface area contributed by atoms with Crippen molar-refractivity contribution < 1.29 is 9.59 Å². The van der Waals surface area contributed by atoms with E-state index in [0.29, 0.717) is 19.3 Å². The Morgan fingerprint density at radius 2 is 1.28 bits per heavy atom. The molecule has 0 heterocycles. The van der Waals surface area contributed by atoms with Gasteiger partial charge in [0, 0.05) is 24.2 Å². The zero-order chi connectivity index (χ0) is 21.1. The monoisotopic (exact) mass is 394 g/mol. The molecule has 0 aliphatic rings. The molecule has 2 aromatic carbocycles. The van der Waals surface area contributed by atoms with Gasteiger partial charge in [-0.2, -0.15) is 0 Å². The third-order valence-corrected chi connectivity index (χ3v) is 5.02. The Morgan fingerprint density at radius 3 is 1.79 bits per heavy atom. The second kappa shape index (κ2) is 12.1. The van der Waals surface area contributed by atoms with Gasteiger partial charge < -0.3 is 10.6 Å². The molecule has 0 aromatic heterocycles. The first-order chi connectivity index (χ1) is 14.0. The van der Waals surface area contributed by atoms with Gasteiger partial charge in [0.05, 0.1) is 0 Å². The lowest BCUT2D eigenvalue weighted by Gasteiger charge is -2.14. The standard InChI is InChI=1S/C25H34N2O2/c1-4-10-20-12-6-8-14-22(20)26-24(28)17-16-19(3)18-25(29)27-23-15-9-7-13-21(23)11-5-2/h6-9,12-15,19H,4-5,10-11,16-18H2,1-3H3,(H,26,28)(H,27,29). The molecule has 29 heavy (non-hydrogen) atoms. The molecule has 2 rings (SSSR count). The first-order valence-electron chi connectivity index (χ1n) is 10.8. The van der Waals surface area contributed by atoms with Crippen LogP contribution >= 0.6 is 0 Å². The van der Waals surface area contributed by atoms with E-state index in [0.717, 1.165) is 37.1 Å². The highest BCUT2D eigenvalue weighted by molar-refractivity contribution is 5.92. The fourth-order valence-corrected chi connectivity index (χ4v) is 3.47. The average Bonchev–Trinajstić information content (AvgIpc) is 2.70. The molecular formula is C25H34N2O2. The lowest BCUT2D eigenvalue weighted by atomic mass is 10.0. The summed E-state index contributed by atoms with van der Waals surface area (Å²) in [6.45, 7) is 6.29. The van der Waals surface area contributed by atoms with E-state index >= 15 is 0 Å². The summed E-state index contributed by atoms with van der Waals surface area (Å²) in [5.41, 5.74) is 4.14. The van der Waals surface area contributed by atoms with E-state index in [2.05, 4.69) is 36.6 Å². The minimum Gasteiger partial charge on any atom is -0.326 e. The lowest BCUT2D eigenvalue weighted by Crippen LogP contribution is -2.18. The molecule has 0 saturated carbocycles. The van der Waals surface area contributed by atoms with Crippen molar-refractivity contribution in [3.05, 3.63) is 59.7 Å². The van der Waals surface area contributed by atoms with Crippen molar-refractivity contribution in [1.82, 2.24) is 0 Å². The minimum atomic E-state index is 0.00843. The van der Waals surface area contributed by atoms with E-state index in [4.69, 9.17) is 0 Å². The van der Waals surface area contributed by atoms with Crippen LogP contribution in [-0.4, -0.2) is 11.8 Å². The van der Waals surface area contributed by atoms with Gasteiger partial charge in [-0.1, -0.05) is 70.0 Å². The highest BCUT2D eigenvalue weighted by Gasteiger charge is 2.13. The van der Waals surface area contributed by atoms with Crippen LogP contribution < -0.4 is 10.6 Å². The lowest BCUT2D eigenvalue weighted by molar-refractivity contribution is -0.118. The van der Waals surface area contributed by atoms with E-state index in [1.54, 1.807) is 0 Å². The van der Waals surface area contributed by atoms with Crippen LogP contribution in [0, 0.1) is 5.92 Å². The van der Waals surface area contributed by atoms with Crippen molar-refractivity contribution >= 4 is 23.2 Å². The Hall–Kier alpha value is -2.62. The molecule has 2 N–H and O–H groups in total. The summed E-state index contributed by atoms with van der Waals surface area (Å²) >= 11 is 0. The molecule has 2 amide bonds. The third kappa shape index (κ3) is 7.72. The van der Waals surface area contributed by atoms with Gasteiger partial charge in [0.1, 0.15) is 0 Å². The number of hydrogen-bond donors (Lipinski definition) is 2. The molecule has 4 heteroatoms. The van der Waals surface area contributed by atoms with Crippen molar-refractivity contribution in [2.75, 3.05) is 10.6 Å². The second-order valence-electron chi connectivity index (χ2n) is 7.76. The number of carbonyl (C=O) groups is 2. The number of hydrogen-bond acceptors (Lipinski definition) is 2. The van der Waals surface area contributed by atoms with Crippen LogP contribution in [0.4, 0.5) is 11.4 Å². The fraction of sp³-hybridized carbons (Fsp3) is 0.440. The summed E-state index contributed by atoms with van der Waals surface area (Å²) < 4.78 is 0. The predicted octanol–water partition coefficient (Wildman–Crippen LogP) is 5.98. The van der Waals surface area contributed by atoms with Gasteiger partial charge >= 0.3 is 0 Å². The SMILES string of the molecule is CCCc1ccccc1NC(=O)CCC(C)CC(=O)Nc1ccccc1CCC. The molecule has 4 nitrogen and oxygen atoms in total. The molecular weight excluding hydrogens is 360 g/mol. The molecule has 0 fully saturated rings. The molecule has 0 radical (unpaired) electrons. The Balaban J connectivity index is 1.80. The molecule has 0 aliphatic heterocycles. The smallest absolute Gasteiger partial charge is 0.224 e. The van der Waals surface area contributed by atoms with Crippen LogP contribution in [-0.2, 0) is 22.4 Å². The number of amides is 2. The largest absolute Gasteiger partial charge is 0.326 e. The van der Waals surface area contributed by atoms with E-state index < -0.39 is 0 Å². The van der Waals surface area contributed by atoms with Crippen molar-refractivity contribution in [2.45, 2.75) is 65.7 Å². The number of carbonyl (C=O) groups excluding carboxylic acids is 2. The molecule has 1 unspecified atom stereocenters. The number of anilines is 2. The summed E-state index contributed by atoms with van der Waals surface area (Å²) in [6.07, 6.45) is 5.51. The van der Waals surface area contributed by atoms with E-state index in [1.807, 2.05) is 43.3 Å². The van der Waals surface area contributed by atoms with Gasteiger partial charge in [0.15, 0.2) is 0 Å². The Kier molecular flexibility index (Phi) is 9.42. The number of aryl methyl sites for hydroxylation is 2. The van der Waals surface area contributed by atoms with Crippen LogP contribution in [0.25, 0.3) is 0 Å². The highest BCUT2D eigenvalue weighted by Crippen LogP contribution is 2.20. The van der Waals surface area contributed by atoms with E-state index in [9.17, 15) is 9.59 Å². The molecule has 1 atom stereocenters. The minimum absolute atomic E-state index is 0.00843. The molecule has 156 valence electrons. The predicted molar refractivity (Wildman–Crippen MR) is 121 cm³/mol. The van der Waals surface area contributed by atoms with Crippen molar-refractivity contribution in [1.29, 1.82) is 0 Å². The maximum Gasteiger partial charge on any atom is 0.224 e. The van der Waals surface area contributed by atoms with Gasteiger partial charge in [-0.05, 0) is 48.4 Å². The van der Waals surface area contributed by atoms with Gasteiger partial charge in [-0.25, -0.2) is 0 Å². The van der Waals surface area contributed by atoms with Crippen LogP contribution in [0.2, 0.25) is 0 Å². The summed E-state index contributed by atoms with van der Waals surface area (Å²) in [6, 6.07) is 15.9. The number of nitrogens with one attached hydrogen (secondary N) is 2. The van der Waals surface area contributed by atoms with Gasteiger partial charge in [0.25, 0.3) is 0 Å². The molecule has 0 bridgehead atoms. The maximum absolute atomic E-state index is 12.4. The number of rotatable bonds is 11. The number of benzene rings is 2. The molecule has 0 saturated heterocycles. The maximum atomic E-state index is 12.4. The van der Waals surface area contributed by atoms with E-state index in [1.165, 1.54) is 11.1 Å². The average molecular weight is 395 g/mol. The Labute approximate surface area is 175 Å². The van der Waals surface area contributed by atoms with E-state index in [-0.39, 0.29) is 17.7 Å². The van der Waals surface area contributed by atoms with Crippen molar-refractivity contribution in [2.24, 2.45) is 5.92 Å². The number of para-hydroxylation sites is 2. The molecule has 0 aliphatic carbocycles. The second-order valence-corrected chi connectivity index (χ2v) is 7.76. The third-order valence-electron chi connectivity index (χ3n) is 5.02. The summed E-state index contributed by atoms with van der Waals surface area (Å²) in [4.78, 5) is 24.8.